The smallest absolute Gasteiger partial charge is 0.0218 e. The Hall–Kier alpha value is -1.82. The van der Waals surface area contributed by atoms with Gasteiger partial charge in [0.1, 0.15) is 0 Å². The molecule has 0 N–H and O–H groups in total. The van der Waals surface area contributed by atoms with Gasteiger partial charge in [0.15, 0.2) is 0 Å². The van der Waals surface area contributed by atoms with Crippen LogP contribution in [0.15, 0.2) is 66.7 Å². The first-order valence-corrected chi connectivity index (χ1v) is 6.12. The summed E-state index contributed by atoms with van der Waals surface area (Å²) in [5.74, 6) is 0.567. The quantitative estimate of drug-likeness (QED) is 0.710. The van der Waals surface area contributed by atoms with Gasteiger partial charge in [-0.1, -0.05) is 79.7 Å². The van der Waals surface area contributed by atoms with E-state index in [2.05, 4.69) is 73.7 Å². The second-order valence-corrected chi connectivity index (χ2v) is 4.44. The van der Waals surface area contributed by atoms with E-state index in [1.54, 1.807) is 0 Å². The van der Waals surface area contributed by atoms with Crippen molar-refractivity contribution in [1.29, 1.82) is 0 Å². The molecule has 0 nitrogen and oxygen atoms in total. The SMILES string of the molecule is CC(C=Cc1ccccc1)Cc1ccccc1. The van der Waals surface area contributed by atoms with Gasteiger partial charge >= 0.3 is 0 Å². The molecule has 0 saturated carbocycles. The van der Waals surface area contributed by atoms with Gasteiger partial charge < -0.3 is 0 Å². The molecule has 1 unspecified atom stereocenters. The van der Waals surface area contributed by atoms with Gasteiger partial charge in [-0.2, -0.15) is 0 Å². The molecule has 0 aliphatic rings. The molecule has 86 valence electrons. The Morgan fingerprint density at radius 3 is 2.12 bits per heavy atom. The first-order valence-electron chi connectivity index (χ1n) is 6.12. The Morgan fingerprint density at radius 2 is 1.47 bits per heavy atom. The lowest BCUT2D eigenvalue weighted by molar-refractivity contribution is 0.727. The van der Waals surface area contributed by atoms with E-state index in [9.17, 15) is 0 Å². The predicted molar refractivity (Wildman–Crippen MR) is 74.8 cm³/mol. The Kier molecular flexibility index (Phi) is 4.15. The molecule has 2 aromatic rings. The van der Waals surface area contributed by atoms with Gasteiger partial charge in [0.25, 0.3) is 0 Å². The van der Waals surface area contributed by atoms with Crippen molar-refractivity contribution in [2.75, 3.05) is 0 Å². The zero-order valence-corrected chi connectivity index (χ0v) is 10.2. The Labute approximate surface area is 104 Å². The highest BCUT2D eigenvalue weighted by atomic mass is 14.0. The van der Waals surface area contributed by atoms with Gasteiger partial charge in [-0.05, 0) is 23.5 Å². The standard InChI is InChI=1S/C17H18/c1-15(14-17-10-6-3-7-11-17)12-13-16-8-4-2-5-9-16/h2-13,15H,14H2,1H3. The fraction of sp³-hybridized carbons (Fsp3) is 0.176. The van der Waals surface area contributed by atoms with Crippen molar-refractivity contribution in [1.82, 2.24) is 0 Å². The van der Waals surface area contributed by atoms with Gasteiger partial charge in [0.05, 0.1) is 0 Å². The number of hydrogen-bond acceptors (Lipinski definition) is 0. The molecule has 0 aliphatic carbocycles. The average Bonchev–Trinajstić information content (AvgIpc) is 2.39. The molecule has 1 atom stereocenters. The fourth-order valence-electron chi connectivity index (χ4n) is 1.89. The van der Waals surface area contributed by atoms with Crippen LogP contribution in [-0.4, -0.2) is 0 Å². The molecular weight excluding hydrogens is 204 g/mol. The van der Waals surface area contributed by atoms with Gasteiger partial charge in [-0.25, -0.2) is 0 Å². The van der Waals surface area contributed by atoms with E-state index in [4.69, 9.17) is 0 Å². The normalized spacial score (nSPS) is 12.8. The number of rotatable bonds is 4. The molecule has 0 radical (unpaired) electrons. The molecule has 0 heteroatoms. The molecule has 0 bridgehead atoms. The van der Waals surface area contributed by atoms with E-state index in [0.717, 1.165) is 6.42 Å². The summed E-state index contributed by atoms with van der Waals surface area (Å²) in [5, 5.41) is 0. The minimum absolute atomic E-state index is 0.567. The summed E-state index contributed by atoms with van der Waals surface area (Å²) in [4.78, 5) is 0. The van der Waals surface area contributed by atoms with E-state index in [-0.39, 0.29) is 0 Å². The van der Waals surface area contributed by atoms with Crippen molar-refractivity contribution in [3.8, 4) is 0 Å². The van der Waals surface area contributed by atoms with Gasteiger partial charge in [0, 0.05) is 0 Å². The summed E-state index contributed by atoms with van der Waals surface area (Å²) < 4.78 is 0. The van der Waals surface area contributed by atoms with E-state index in [1.807, 2.05) is 6.07 Å². The van der Waals surface area contributed by atoms with E-state index < -0.39 is 0 Å². The monoisotopic (exact) mass is 222 g/mol. The van der Waals surface area contributed by atoms with Crippen molar-refractivity contribution in [2.45, 2.75) is 13.3 Å². The molecule has 0 saturated heterocycles. The summed E-state index contributed by atoms with van der Waals surface area (Å²) >= 11 is 0. The van der Waals surface area contributed by atoms with Crippen LogP contribution in [0.2, 0.25) is 0 Å². The molecule has 17 heavy (non-hydrogen) atoms. The summed E-state index contributed by atoms with van der Waals surface area (Å²) in [6, 6.07) is 21.1. The van der Waals surface area contributed by atoms with Crippen LogP contribution in [-0.2, 0) is 6.42 Å². The summed E-state index contributed by atoms with van der Waals surface area (Å²) in [5.41, 5.74) is 2.67. The first-order chi connectivity index (χ1) is 8.34. The van der Waals surface area contributed by atoms with Crippen LogP contribution in [0.25, 0.3) is 6.08 Å². The van der Waals surface area contributed by atoms with E-state index in [0.29, 0.717) is 5.92 Å². The van der Waals surface area contributed by atoms with Crippen LogP contribution in [0.1, 0.15) is 18.1 Å². The zero-order chi connectivity index (χ0) is 11.9. The maximum absolute atomic E-state index is 2.28. The third-order valence-electron chi connectivity index (χ3n) is 2.82. The van der Waals surface area contributed by atoms with Crippen LogP contribution in [0.5, 0.6) is 0 Å². The number of hydrogen-bond donors (Lipinski definition) is 0. The van der Waals surface area contributed by atoms with Crippen molar-refractivity contribution in [2.24, 2.45) is 5.92 Å². The van der Waals surface area contributed by atoms with Crippen LogP contribution >= 0.6 is 0 Å². The van der Waals surface area contributed by atoms with Crippen molar-refractivity contribution in [3.05, 3.63) is 77.9 Å². The molecule has 2 aromatic carbocycles. The summed E-state index contributed by atoms with van der Waals surface area (Å²) in [7, 11) is 0. The average molecular weight is 222 g/mol. The van der Waals surface area contributed by atoms with Crippen molar-refractivity contribution < 1.29 is 0 Å². The minimum atomic E-state index is 0.567. The lowest BCUT2D eigenvalue weighted by Gasteiger charge is -2.05. The van der Waals surface area contributed by atoms with Gasteiger partial charge in [0.2, 0.25) is 0 Å². The molecular formula is C17H18. The highest BCUT2D eigenvalue weighted by molar-refractivity contribution is 5.49. The van der Waals surface area contributed by atoms with Gasteiger partial charge in [-0.15, -0.1) is 0 Å². The van der Waals surface area contributed by atoms with Crippen LogP contribution in [0.3, 0.4) is 0 Å². The Morgan fingerprint density at radius 1 is 0.882 bits per heavy atom. The lowest BCUT2D eigenvalue weighted by Crippen LogP contribution is -1.95. The molecule has 0 amide bonds. The van der Waals surface area contributed by atoms with Crippen LogP contribution < -0.4 is 0 Å². The highest BCUT2D eigenvalue weighted by Crippen LogP contribution is 2.11. The van der Waals surface area contributed by atoms with Crippen molar-refractivity contribution >= 4 is 6.08 Å². The largest absolute Gasteiger partial charge is 0.0808 e. The molecule has 0 spiro atoms. The molecule has 0 aliphatic heterocycles. The predicted octanol–water partition coefficient (Wildman–Crippen LogP) is 4.58. The minimum Gasteiger partial charge on any atom is -0.0808 e. The maximum atomic E-state index is 2.28. The number of benzene rings is 2. The highest BCUT2D eigenvalue weighted by Gasteiger charge is 1.98. The van der Waals surface area contributed by atoms with Crippen molar-refractivity contribution in [3.63, 3.8) is 0 Å². The van der Waals surface area contributed by atoms with Crippen LogP contribution in [0.4, 0.5) is 0 Å². The second-order valence-electron chi connectivity index (χ2n) is 4.44. The third-order valence-corrected chi connectivity index (χ3v) is 2.82. The van der Waals surface area contributed by atoms with E-state index >= 15 is 0 Å². The Balaban J connectivity index is 1.94. The first kappa shape index (κ1) is 11.7. The second kappa shape index (κ2) is 6.05. The molecule has 0 heterocycles. The third kappa shape index (κ3) is 3.92. The lowest BCUT2D eigenvalue weighted by atomic mass is 10.00. The summed E-state index contributed by atoms with van der Waals surface area (Å²) in [6.07, 6.45) is 5.58. The summed E-state index contributed by atoms with van der Waals surface area (Å²) in [6.45, 7) is 2.26. The zero-order valence-electron chi connectivity index (χ0n) is 10.2. The fourth-order valence-corrected chi connectivity index (χ4v) is 1.89. The van der Waals surface area contributed by atoms with E-state index in [1.165, 1.54) is 11.1 Å². The van der Waals surface area contributed by atoms with Gasteiger partial charge in [-0.3, -0.25) is 0 Å². The molecule has 2 rings (SSSR count). The number of allylic oxidation sites excluding steroid dienone is 1. The molecule has 0 aromatic heterocycles. The topological polar surface area (TPSA) is 0 Å². The Bertz CT molecular complexity index is 454. The maximum Gasteiger partial charge on any atom is -0.0218 e. The molecule has 0 fully saturated rings. The van der Waals surface area contributed by atoms with Crippen LogP contribution in [0, 0.1) is 5.92 Å².